The lowest BCUT2D eigenvalue weighted by atomic mass is 9.67. The Morgan fingerprint density at radius 1 is 0.404 bits per heavy atom. The van der Waals surface area contributed by atoms with Crippen molar-refractivity contribution in [2.45, 2.75) is 17.8 Å². The third-order valence-corrected chi connectivity index (χ3v) is 11.8. The van der Waals surface area contributed by atoms with E-state index in [1.165, 1.54) is 88.7 Å². The maximum atomic E-state index is 2.51. The number of rotatable bonds is 5. The average Bonchev–Trinajstić information content (AvgIpc) is 3.83. The fourth-order valence-electron chi connectivity index (χ4n) is 9.72. The molecule has 2 aliphatic rings. The SMILES string of the molecule is c1ccc(C2(c3ccccc3)c3ccc(CC4c5ccccc5-c5ccccc54)cc3-c3cc(-n4c5ccccc5c5ccccc54)ccc32)cc1. The van der Waals surface area contributed by atoms with Crippen LogP contribution in [0.5, 0.6) is 0 Å². The summed E-state index contributed by atoms with van der Waals surface area (Å²) in [4.78, 5) is 0. The van der Waals surface area contributed by atoms with Gasteiger partial charge in [-0.2, -0.15) is 0 Å². The van der Waals surface area contributed by atoms with Crippen molar-refractivity contribution in [2.24, 2.45) is 0 Å². The van der Waals surface area contributed by atoms with E-state index in [2.05, 4.69) is 199 Å². The molecule has 0 fully saturated rings. The molecule has 8 aromatic carbocycles. The van der Waals surface area contributed by atoms with E-state index in [1.807, 2.05) is 0 Å². The predicted molar refractivity (Wildman–Crippen MR) is 216 cm³/mol. The highest BCUT2D eigenvalue weighted by Crippen LogP contribution is 2.57. The van der Waals surface area contributed by atoms with Gasteiger partial charge in [-0.25, -0.2) is 0 Å². The van der Waals surface area contributed by atoms with E-state index in [0.29, 0.717) is 5.92 Å². The first kappa shape index (κ1) is 29.3. The van der Waals surface area contributed by atoms with Crippen LogP contribution in [0.3, 0.4) is 0 Å². The number of hydrogen-bond acceptors (Lipinski definition) is 0. The molecule has 0 atom stereocenters. The Balaban J connectivity index is 1.16. The molecule has 1 nitrogen and oxygen atoms in total. The maximum absolute atomic E-state index is 2.51. The minimum Gasteiger partial charge on any atom is -0.309 e. The summed E-state index contributed by atoms with van der Waals surface area (Å²) in [6, 6.07) is 72.4. The van der Waals surface area contributed by atoms with Crippen molar-refractivity contribution in [2.75, 3.05) is 0 Å². The lowest BCUT2D eigenvalue weighted by molar-refractivity contribution is 0.766. The van der Waals surface area contributed by atoms with E-state index in [0.717, 1.165) is 6.42 Å². The summed E-state index contributed by atoms with van der Waals surface area (Å²) in [5.74, 6) is 0.322. The highest BCUT2D eigenvalue weighted by atomic mass is 15.0. The molecule has 0 saturated carbocycles. The molecule has 0 amide bonds. The molecule has 0 aliphatic heterocycles. The summed E-state index contributed by atoms with van der Waals surface area (Å²) < 4.78 is 2.45. The van der Waals surface area contributed by atoms with Gasteiger partial charge in [0.2, 0.25) is 0 Å². The molecule has 1 heteroatoms. The smallest absolute Gasteiger partial charge is 0.0713 e. The molecule has 2 aliphatic carbocycles. The number of nitrogens with zero attached hydrogens (tertiary/aromatic N) is 1. The van der Waals surface area contributed by atoms with Crippen LogP contribution in [0.25, 0.3) is 49.7 Å². The summed E-state index contributed by atoms with van der Waals surface area (Å²) in [7, 11) is 0. The Bertz CT molecular complexity index is 2680. The van der Waals surface area contributed by atoms with Crippen molar-refractivity contribution >= 4 is 21.8 Å². The molecule has 0 bridgehead atoms. The van der Waals surface area contributed by atoms with Crippen LogP contribution in [0.4, 0.5) is 0 Å². The molecule has 0 unspecified atom stereocenters. The quantitative estimate of drug-likeness (QED) is 0.173. The van der Waals surface area contributed by atoms with Crippen molar-refractivity contribution in [3.8, 4) is 27.9 Å². The number of fused-ring (bicyclic) bond motifs is 9. The second-order valence-corrected chi connectivity index (χ2v) is 14.4. The predicted octanol–water partition coefficient (Wildman–Crippen LogP) is 12.5. The molecule has 1 aromatic heterocycles. The molecule has 1 heterocycles. The van der Waals surface area contributed by atoms with Crippen molar-refractivity contribution in [3.05, 3.63) is 233 Å². The van der Waals surface area contributed by atoms with E-state index < -0.39 is 5.41 Å². The Kier molecular flexibility index (Phi) is 6.36. The van der Waals surface area contributed by atoms with E-state index in [1.54, 1.807) is 0 Å². The molecular formula is C51H35N. The first-order valence-corrected chi connectivity index (χ1v) is 18.4. The molecule has 0 N–H and O–H groups in total. The number of aromatic nitrogens is 1. The van der Waals surface area contributed by atoms with Gasteiger partial charge in [0.05, 0.1) is 16.4 Å². The molecule has 9 aromatic rings. The zero-order valence-corrected chi connectivity index (χ0v) is 28.7. The van der Waals surface area contributed by atoms with Crippen molar-refractivity contribution < 1.29 is 0 Å². The summed E-state index contributed by atoms with van der Waals surface area (Å²) in [6.45, 7) is 0. The van der Waals surface area contributed by atoms with Crippen LogP contribution in [-0.4, -0.2) is 4.57 Å². The van der Waals surface area contributed by atoms with Gasteiger partial charge in [0.15, 0.2) is 0 Å². The van der Waals surface area contributed by atoms with Crippen LogP contribution < -0.4 is 0 Å². The average molecular weight is 662 g/mol. The Morgan fingerprint density at radius 2 is 0.885 bits per heavy atom. The van der Waals surface area contributed by atoms with Crippen LogP contribution in [0.1, 0.15) is 44.9 Å². The molecule has 244 valence electrons. The first-order valence-electron chi connectivity index (χ1n) is 18.4. The van der Waals surface area contributed by atoms with Crippen LogP contribution >= 0.6 is 0 Å². The third kappa shape index (κ3) is 4.05. The first-order chi connectivity index (χ1) is 25.8. The van der Waals surface area contributed by atoms with Gasteiger partial charge in [-0.05, 0) is 91.9 Å². The summed E-state index contributed by atoms with van der Waals surface area (Å²) in [6.07, 6.45) is 0.951. The molecule has 0 spiro atoms. The Hall–Kier alpha value is -6.44. The maximum Gasteiger partial charge on any atom is 0.0713 e. The van der Waals surface area contributed by atoms with Gasteiger partial charge in [0.1, 0.15) is 0 Å². The summed E-state index contributed by atoms with van der Waals surface area (Å²) >= 11 is 0. The van der Waals surface area contributed by atoms with Gasteiger partial charge in [0, 0.05) is 22.4 Å². The zero-order chi connectivity index (χ0) is 34.2. The number of para-hydroxylation sites is 2. The van der Waals surface area contributed by atoms with E-state index in [4.69, 9.17) is 0 Å². The second kappa shape index (κ2) is 11.3. The van der Waals surface area contributed by atoms with Crippen molar-refractivity contribution in [1.82, 2.24) is 4.57 Å². The van der Waals surface area contributed by atoms with Gasteiger partial charge in [-0.15, -0.1) is 0 Å². The fourth-order valence-corrected chi connectivity index (χ4v) is 9.72. The van der Waals surface area contributed by atoms with Crippen LogP contribution in [0, 0.1) is 0 Å². The van der Waals surface area contributed by atoms with Gasteiger partial charge < -0.3 is 4.57 Å². The van der Waals surface area contributed by atoms with Gasteiger partial charge in [0.25, 0.3) is 0 Å². The molecular weight excluding hydrogens is 627 g/mol. The molecule has 52 heavy (non-hydrogen) atoms. The third-order valence-electron chi connectivity index (χ3n) is 11.8. The van der Waals surface area contributed by atoms with E-state index in [9.17, 15) is 0 Å². The van der Waals surface area contributed by atoms with E-state index in [-0.39, 0.29) is 0 Å². The van der Waals surface area contributed by atoms with Crippen LogP contribution in [0.15, 0.2) is 194 Å². The van der Waals surface area contributed by atoms with Gasteiger partial charge >= 0.3 is 0 Å². The van der Waals surface area contributed by atoms with Crippen LogP contribution in [0.2, 0.25) is 0 Å². The largest absolute Gasteiger partial charge is 0.309 e. The van der Waals surface area contributed by atoms with Gasteiger partial charge in [-0.3, -0.25) is 0 Å². The minimum absolute atomic E-state index is 0.322. The highest BCUT2D eigenvalue weighted by Gasteiger charge is 2.46. The monoisotopic (exact) mass is 661 g/mol. The van der Waals surface area contributed by atoms with Gasteiger partial charge in [-0.1, -0.05) is 170 Å². The van der Waals surface area contributed by atoms with Crippen molar-refractivity contribution in [3.63, 3.8) is 0 Å². The Morgan fingerprint density at radius 3 is 1.48 bits per heavy atom. The fraction of sp³-hybridized carbons (Fsp3) is 0.0588. The Labute approximate surface area is 304 Å². The lowest BCUT2D eigenvalue weighted by Gasteiger charge is -2.34. The topological polar surface area (TPSA) is 4.93 Å². The highest BCUT2D eigenvalue weighted by molar-refractivity contribution is 6.09. The number of benzene rings is 8. The summed E-state index contributed by atoms with van der Waals surface area (Å²) in [5.41, 5.74) is 18.0. The minimum atomic E-state index is -0.447. The molecule has 0 radical (unpaired) electrons. The standard InChI is InChI=1S/C51H35N/c1-3-15-35(16-4-1)51(36-17-5-2-6-18-36)47-29-27-34(31-44-40-21-9-7-19-38(40)39-20-8-10-22-41(39)44)32-45(47)46-33-37(28-30-48(46)51)52-49-25-13-11-23-42(49)43-24-12-14-26-50(43)52/h1-30,32-33,44H,31H2. The van der Waals surface area contributed by atoms with Crippen molar-refractivity contribution in [1.29, 1.82) is 0 Å². The normalized spacial score (nSPS) is 13.9. The lowest BCUT2D eigenvalue weighted by Crippen LogP contribution is -2.28. The number of hydrogen-bond donors (Lipinski definition) is 0. The molecule has 11 rings (SSSR count). The zero-order valence-electron chi connectivity index (χ0n) is 28.7. The summed E-state index contributed by atoms with van der Waals surface area (Å²) in [5, 5.41) is 2.56. The van der Waals surface area contributed by atoms with E-state index >= 15 is 0 Å². The van der Waals surface area contributed by atoms with Crippen LogP contribution in [-0.2, 0) is 11.8 Å². The molecule has 0 saturated heterocycles. The second-order valence-electron chi connectivity index (χ2n) is 14.4.